The molecule has 1 heterocycles. The summed E-state index contributed by atoms with van der Waals surface area (Å²) in [5, 5.41) is 3.54. The molecule has 2 aromatic rings. The van der Waals surface area contributed by atoms with Crippen molar-refractivity contribution in [1.82, 2.24) is 4.90 Å². The summed E-state index contributed by atoms with van der Waals surface area (Å²) in [6.07, 6.45) is -4.38. The number of nitrogens with zero attached hydrogens (tertiary/aromatic N) is 1. The van der Waals surface area contributed by atoms with E-state index in [0.717, 1.165) is 12.1 Å². The van der Waals surface area contributed by atoms with Crippen molar-refractivity contribution in [2.24, 2.45) is 0 Å². The lowest BCUT2D eigenvalue weighted by Crippen LogP contribution is -2.33. The number of hydrogen-bond acceptors (Lipinski definition) is 2. The monoisotopic (exact) mass is 327 g/mol. The summed E-state index contributed by atoms with van der Waals surface area (Å²) in [4.78, 5) is 14.0. The summed E-state index contributed by atoms with van der Waals surface area (Å²) >= 11 is 1.41. The molecule has 0 aliphatic heterocycles. The van der Waals surface area contributed by atoms with Gasteiger partial charge >= 0.3 is 6.18 Å². The number of hydrogen-bond donors (Lipinski definition) is 0. The predicted molar refractivity (Wildman–Crippen MR) is 80.9 cm³/mol. The van der Waals surface area contributed by atoms with Gasteiger partial charge in [0.2, 0.25) is 0 Å². The molecule has 118 valence electrons. The van der Waals surface area contributed by atoms with Crippen LogP contribution in [0.2, 0.25) is 0 Å². The zero-order chi connectivity index (χ0) is 16.3. The Labute approximate surface area is 131 Å². The van der Waals surface area contributed by atoms with Crippen molar-refractivity contribution in [2.75, 3.05) is 6.54 Å². The molecular weight excluding hydrogens is 311 g/mol. The molecule has 2 nitrogen and oxygen atoms in total. The van der Waals surface area contributed by atoms with Crippen LogP contribution in [-0.4, -0.2) is 17.4 Å². The first-order chi connectivity index (χ1) is 10.3. The van der Waals surface area contributed by atoms with Gasteiger partial charge in [-0.1, -0.05) is 12.1 Å². The second-order valence-corrected chi connectivity index (χ2v) is 5.68. The molecule has 0 bridgehead atoms. The highest BCUT2D eigenvalue weighted by molar-refractivity contribution is 7.08. The van der Waals surface area contributed by atoms with E-state index in [1.807, 2.05) is 6.92 Å². The Balaban J connectivity index is 2.29. The Bertz CT molecular complexity index is 637. The standard InChI is InChI=1S/C16H16F3NOS/c1-3-20(15(21)13-7-8-22-10-13)11(2)12-5-4-6-14(9-12)16(17,18)19/h4-11H,3H2,1-2H3. The minimum atomic E-state index is -4.38. The Hall–Kier alpha value is -1.82. The van der Waals surface area contributed by atoms with Crippen LogP contribution in [0, 0.1) is 0 Å². The summed E-state index contributed by atoms with van der Waals surface area (Å²) in [6.45, 7) is 3.98. The molecule has 0 radical (unpaired) electrons. The molecule has 0 fully saturated rings. The second-order valence-electron chi connectivity index (χ2n) is 4.90. The topological polar surface area (TPSA) is 20.3 Å². The maximum absolute atomic E-state index is 12.8. The molecule has 1 amide bonds. The maximum atomic E-state index is 12.8. The van der Waals surface area contributed by atoms with E-state index in [1.54, 1.807) is 34.7 Å². The molecule has 1 aromatic carbocycles. The number of thiophene rings is 1. The van der Waals surface area contributed by atoms with E-state index in [4.69, 9.17) is 0 Å². The maximum Gasteiger partial charge on any atom is 0.416 e. The van der Waals surface area contributed by atoms with Gasteiger partial charge in [-0.3, -0.25) is 4.79 Å². The van der Waals surface area contributed by atoms with Gasteiger partial charge in [0, 0.05) is 11.9 Å². The molecule has 1 atom stereocenters. The fourth-order valence-corrected chi connectivity index (χ4v) is 2.93. The zero-order valence-electron chi connectivity index (χ0n) is 12.2. The average Bonchev–Trinajstić information content (AvgIpc) is 3.01. The fourth-order valence-electron chi connectivity index (χ4n) is 2.30. The van der Waals surface area contributed by atoms with Gasteiger partial charge < -0.3 is 4.90 Å². The van der Waals surface area contributed by atoms with Crippen LogP contribution >= 0.6 is 11.3 Å². The fraction of sp³-hybridized carbons (Fsp3) is 0.312. The molecular formula is C16H16F3NOS. The molecule has 1 aromatic heterocycles. The van der Waals surface area contributed by atoms with Gasteiger partial charge in [0.1, 0.15) is 0 Å². The number of alkyl halides is 3. The van der Waals surface area contributed by atoms with E-state index in [0.29, 0.717) is 17.7 Å². The summed E-state index contributed by atoms with van der Waals surface area (Å²) in [6, 6.07) is 6.41. The number of rotatable bonds is 4. The Morgan fingerprint density at radius 3 is 2.59 bits per heavy atom. The summed E-state index contributed by atoms with van der Waals surface area (Å²) in [5.74, 6) is -0.173. The molecule has 2 rings (SSSR count). The summed E-state index contributed by atoms with van der Waals surface area (Å²) in [5.41, 5.74) is 0.335. The number of benzene rings is 1. The average molecular weight is 327 g/mol. The van der Waals surface area contributed by atoms with Crippen LogP contribution < -0.4 is 0 Å². The number of carbonyl (C=O) groups is 1. The predicted octanol–water partition coefficient (Wildman–Crippen LogP) is 4.99. The first-order valence-corrected chi connectivity index (χ1v) is 7.79. The molecule has 0 N–H and O–H groups in total. The van der Waals surface area contributed by atoms with E-state index < -0.39 is 17.8 Å². The quantitative estimate of drug-likeness (QED) is 0.774. The third-order valence-electron chi connectivity index (χ3n) is 3.53. The van der Waals surface area contributed by atoms with Gasteiger partial charge in [-0.2, -0.15) is 24.5 Å². The Kier molecular flexibility index (Phi) is 4.90. The van der Waals surface area contributed by atoms with Crippen molar-refractivity contribution >= 4 is 17.2 Å². The van der Waals surface area contributed by atoms with Gasteiger partial charge in [-0.25, -0.2) is 0 Å². The second kappa shape index (κ2) is 6.52. The van der Waals surface area contributed by atoms with Crippen LogP contribution in [0.1, 0.15) is 41.4 Å². The van der Waals surface area contributed by atoms with Crippen molar-refractivity contribution in [3.05, 3.63) is 57.8 Å². The molecule has 0 aliphatic carbocycles. The minimum absolute atomic E-state index is 0.173. The lowest BCUT2D eigenvalue weighted by atomic mass is 10.0. The third kappa shape index (κ3) is 3.50. The molecule has 0 saturated carbocycles. The van der Waals surface area contributed by atoms with Crippen LogP contribution in [0.5, 0.6) is 0 Å². The van der Waals surface area contributed by atoms with Crippen LogP contribution in [0.3, 0.4) is 0 Å². The van der Waals surface area contributed by atoms with E-state index in [1.165, 1.54) is 17.4 Å². The smallest absolute Gasteiger partial charge is 0.332 e. The lowest BCUT2D eigenvalue weighted by molar-refractivity contribution is -0.137. The number of carbonyl (C=O) groups excluding carboxylic acids is 1. The van der Waals surface area contributed by atoms with Crippen molar-refractivity contribution < 1.29 is 18.0 Å². The van der Waals surface area contributed by atoms with Crippen LogP contribution in [0.15, 0.2) is 41.1 Å². The van der Waals surface area contributed by atoms with Crippen molar-refractivity contribution in [3.8, 4) is 0 Å². The molecule has 0 spiro atoms. The van der Waals surface area contributed by atoms with Crippen LogP contribution in [0.25, 0.3) is 0 Å². The van der Waals surface area contributed by atoms with Gasteiger partial charge in [0.15, 0.2) is 0 Å². The van der Waals surface area contributed by atoms with Gasteiger partial charge in [-0.05, 0) is 43.0 Å². The van der Waals surface area contributed by atoms with Gasteiger partial charge in [0.05, 0.1) is 17.2 Å². The van der Waals surface area contributed by atoms with Crippen LogP contribution in [-0.2, 0) is 6.18 Å². The van der Waals surface area contributed by atoms with Crippen LogP contribution in [0.4, 0.5) is 13.2 Å². The molecule has 22 heavy (non-hydrogen) atoms. The Morgan fingerprint density at radius 2 is 2.05 bits per heavy atom. The minimum Gasteiger partial charge on any atom is -0.332 e. The molecule has 6 heteroatoms. The van der Waals surface area contributed by atoms with Crippen molar-refractivity contribution in [1.29, 1.82) is 0 Å². The SMILES string of the molecule is CCN(C(=O)c1ccsc1)C(C)c1cccc(C(F)(F)F)c1. The van der Waals surface area contributed by atoms with Crippen molar-refractivity contribution in [3.63, 3.8) is 0 Å². The zero-order valence-corrected chi connectivity index (χ0v) is 13.0. The third-order valence-corrected chi connectivity index (χ3v) is 4.22. The molecule has 0 aliphatic rings. The van der Waals surface area contributed by atoms with E-state index >= 15 is 0 Å². The highest BCUT2D eigenvalue weighted by atomic mass is 32.1. The normalized spacial score (nSPS) is 13.0. The highest BCUT2D eigenvalue weighted by Crippen LogP contribution is 2.32. The molecule has 0 saturated heterocycles. The summed E-state index contributed by atoms with van der Waals surface area (Å²) < 4.78 is 38.5. The lowest BCUT2D eigenvalue weighted by Gasteiger charge is -2.28. The van der Waals surface area contributed by atoms with Crippen molar-refractivity contribution in [2.45, 2.75) is 26.1 Å². The largest absolute Gasteiger partial charge is 0.416 e. The van der Waals surface area contributed by atoms with Gasteiger partial charge in [-0.15, -0.1) is 0 Å². The first-order valence-electron chi connectivity index (χ1n) is 6.85. The first kappa shape index (κ1) is 16.5. The highest BCUT2D eigenvalue weighted by Gasteiger charge is 2.31. The molecule has 1 unspecified atom stereocenters. The number of halogens is 3. The van der Waals surface area contributed by atoms with Gasteiger partial charge in [0.25, 0.3) is 5.91 Å². The van der Waals surface area contributed by atoms with E-state index in [2.05, 4.69) is 0 Å². The summed E-state index contributed by atoms with van der Waals surface area (Å²) in [7, 11) is 0. The Morgan fingerprint density at radius 1 is 1.32 bits per heavy atom. The van der Waals surface area contributed by atoms with E-state index in [-0.39, 0.29) is 5.91 Å². The number of amides is 1. The van der Waals surface area contributed by atoms with E-state index in [9.17, 15) is 18.0 Å².